The Morgan fingerprint density at radius 1 is 1.24 bits per heavy atom. The first-order valence-electron chi connectivity index (χ1n) is 8.97. The summed E-state index contributed by atoms with van der Waals surface area (Å²) in [6.07, 6.45) is 0.0963. The second-order valence-electron chi connectivity index (χ2n) is 7.99. The topological polar surface area (TPSA) is 58.6 Å². The number of nitrogens with zero attached hydrogens (tertiary/aromatic N) is 1. The fourth-order valence-electron chi connectivity index (χ4n) is 3.14. The lowest BCUT2D eigenvalue weighted by atomic mass is 10.00. The fraction of sp³-hybridized carbons (Fsp3) is 0.600. The van der Waals surface area contributed by atoms with Crippen molar-refractivity contribution in [2.24, 2.45) is 0 Å². The minimum atomic E-state index is -0.539. The maximum atomic E-state index is 12.4. The van der Waals surface area contributed by atoms with Crippen molar-refractivity contribution in [3.05, 3.63) is 29.8 Å². The van der Waals surface area contributed by atoms with Gasteiger partial charge < -0.3 is 10.1 Å². The van der Waals surface area contributed by atoms with Gasteiger partial charge in [-0.15, -0.1) is 0 Å². The van der Waals surface area contributed by atoms with Crippen LogP contribution >= 0.6 is 0 Å². The zero-order valence-corrected chi connectivity index (χ0v) is 16.1. The highest BCUT2D eigenvalue weighted by atomic mass is 16.6. The number of carbonyl (C=O) groups is 2. The molecule has 0 spiro atoms. The molecule has 1 unspecified atom stereocenters. The van der Waals surface area contributed by atoms with E-state index in [4.69, 9.17) is 4.74 Å². The van der Waals surface area contributed by atoms with E-state index in [2.05, 4.69) is 19.2 Å². The van der Waals surface area contributed by atoms with Gasteiger partial charge in [0.05, 0.1) is 6.42 Å². The van der Waals surface area contributed by atoms with Gasteiger partial charge >= 0.3 is 5.97 Å². The molecule has 0 radical (unpaired) electrons. The van der Waals surface area contributed by atoms with Crippen LogP contribution in [0, 0.1) is 0 Å². The summed E-state index contributed by atoms with van der Waals surface area (Å²) >= 11 is 0. The van der Waals surface area contributed by atoms with Crippen molar-refractivity contribution in [2.45, 2.75) is 71.6 Å². The number of rotatable bonds is 5. The Morgan fingerprint density at radius 2 is 1.84 bits per heavy atom. The molecule has 0 aliphatic carbocycles. The van der Waals surface area contributed by atoms with Gasteiger partial charge in [0.25, 0.3) is 0 Å². The number of benzene rings is 1. The number of cyclic esters (lactones) is 1. The lowest BCUT2D eigenvalue weighted by molar-refractivity contribution is -0.181. The number of esters is 1. The molecular formula is C20H30N2O3. The Kier molecular flexibility index (Phi) is 5.88. The Morgan fingerprint density at radius 3 is 2.36 bits per heavy atom. The van der Waals surface area contributed by atoms with Crippen molar-refractivity contribution in [1.82, 2.24) is 4.90 Å². The molecule has 1 amide bonds. The van der Waals surface area contributed by atoms with E-state index >= 15 is 0 Å². The van der Waals surface area contributed by atoms with Gasteiger partial charge in [0.2, 0.25) is 5.91 Å². The maximum absolute atomic E-state index is 12.4. The maximum Gasteiger partial charge on any atom is 0.324 e. The molecule has 0 aromatic heterocycles. The van der Waals surface area contributed by atoms with E-state index in [1.165, 1.54) is 5.56 Å². The second-order valence-corrected chi connectivity index (χ2v) is 7.99. The van der Waals surface area contributed by atoms with Crippen LogP contribution in [0.25, 0.3) is 0 Å². The van der Waals surface area contributed by atoms with E-state index in [1.807, 2.05) is 56.9 Å². The van der Waals surface area contributed by atoms with Crippen LogP contribution in [0.2, 0.25) is 0 Å². The summed E-state index contributed by atoms with van der Waals surface area (Å²) in [5.41, 5.74) is 1.44. The summed E-state index contributed by atoms with van der Waals surface area (Å²) in [7, 11) is 0. The number of carbonyl (C=O) groups excluding carboxylic acids is 2. The van der Waals surface area contributed by atoms with Gasteiger partial charge in [0.1, 0.15) is 11.6 Å². The number of nitrogens with one attached hydrogen (secondary N) is 1. The van der Waals surface area contributed by atoms with E-state index in [9.17, 15) is 9.59 Å². The first kappa shape index (κ1) is 19.4. The SMILES string of the molecule is CC(C)c1ccc(NC(=O)CC2C(=O)OC(C)(C)CN2C(C)C)cc1. The van der Waals surface area contributed by atoms with E-state index in [1.54, 1.807) is 0 Å². The first-order chi connectivity index (χ1) is 11.6. The number of ether oxygens (including phenoxy) is 1. The minimum absolute atomic E-state index is 0.0963. The Labute approximate surface area is 150 Å². The number of anilines is 1. The number of amides is 1. The molecule has 1 saturated heterocycles. The molecule has 1 fully saturated rings. The highest BCUT2D eigenvalue weighted by Gasteiger charge is 2.42. The van der Waals surface area contributed by atoms with Crippen molar-refractivity contribution in [2.75, 3.05) is 11.9 Å². The molecule has 1 heterocycles. The van der Waals surface area contributed by atoms with Crippen LogP contribution < -0.4 is 5.32 Å². The highest BCUT2D eigenvalue weighted by Crippen LogP contribution is 2.26. The molecular weight excluding hydrogens is 316 g/mol. The normalized spacial score (nSPS) is 20.6. The van der Waals surface area contributed by atoms with Gasteiger partial charge in [-0.05, 0) is 51.3 Å². The quantitative estimate of drug-likeness (QED) is 0.828. The molecule has 0 bridgehead atoms. The van der Waals surface area contributed by atoms with Gasteiger partial charge in [-0.3, -0.25) is 14.5 Å². The molecule has 138 valence electrons. The molecule has 1 aromatic rings. The fourth-order valence-corrected chi connectivity index (χ4v) is 3.14. The summed E-state index contributed by atoms with van der Waals surface area (Å²) in [5.74, 6) is -0.0513. The molecule has 1 N–H and O–H groups in total. The van der Waals surface area contributed by atoms with Crippen LogP contribution in [0.3, 0.4) is 0 Å². The van der Waals surface area contributed by atoms with Crippen LogP contribution in [0.5, 0.6) is 0 Å². The average Bonchev–Trinajstić information content (AvgIpc) is 2.49. The van der Waals surface area contributed by atoms with Crippen LogP contribution in [0.15, 0.2) is 24.3 Å². The van der Waals surface area contributed by atoms with Crippen LogP contribution in [0.4, 0.5) is 5.69 Å². The van der Waals surface area contributed by atoms with E-state index in [-0.39, 0.29) is 24.3 Å². The summed E-state index contributed by atoms with van der Waals surface area (Å²) in [5, 5.41) is 2.88. The van der Waals surface area contributed by atoms with Gasteiger partial charge in [-0.1, -0.05) is 26.0 Å². The molecule has 25 heavy (non-hydrogen) atoms. The molecule has 1 aliphatic rings. The van der Waals surface area contributed by atoms with Crippen LogP contribution in [-0.4, -0.2) is 41.0 Å². The zero-order valence-electron chi connectivity index (χ0n) is 16.1. The van der Waals surface area contributed by atoms with Gasteiger partial charge in [0, 0.05) is 18.3 Å². The summed E-state index contributed by atoms with van der Waals surface area (Å²) in [6, 6.07) is 7.44. The van der Waals surface area contributed by atoms with Crippen LogP contribution in [-0.2, 0) is 14.3 Å². The molecule has 0 saturated carbocycles. The monoisotopic (exact) mass is 346 g/mol. The van der Waals surface area contributed by atoms with Gasteiger partial charge in [0.15, 0.2) is 0 Å². The van der Waals surface area contributed by atoms with Crippen molar-refractivity contribution >= 4 is 17.6 Å². The van der Waals surface area contributed by atoms with E-state index in [0.29, 0.717) is 12.5 Å². The predicted molar refractivity (Wildman–Crippen MR) is 99.6 cm³/mol. The first-order valence-corrected chi connectivity index (χ1v) is 8.97. The lowest BCUT2D eigenvalue weighted by Gasteiger charge is -2.44. The zero-order chi connectivity index (χ0) is 18.8. The van der Waals surface area contributed by atoms with Crippen molar-refractivity contribution in [3.8, 4) is 0 Å². The van der Waals surface area contributed by atoms with Crippen molar-refractivity contribution < 1.29 is 14.3 Å². The third-order valence-electron chi connectivity index (χ3n) is 4.52. The molecule has 1 atom stereocenters. The Bertz CT molecular complexity index is 620. The Balaban J connectivity index is 2.04. The molecule has 5 nitrogen and oxygen atoms in total. The standard InChI is InChI=1S/C20H30N2O3/c1-13(2)15-7-9-16(10-8-15)21-18(23)11-17-19(24)25-20(5,6)12-22(17)14(3)4/h7-10,13-14,17H,11-12H2,1-6H3,(H,21,23). The number of hydrogen-bond donors (Lipinski definition) is 1. The summed E-state index contributed by atoms with van der Waals surface area (Å²) in [4.78, 5) is 26.9. The Hall–Kier alpha value is -1.88. The largest absolute Gasteiger partial charge is 0.457 e. The predicted octanol–water partition coefficient (Wildman–Crippen LogP) is 3.55. The van der Waals surface area contributed by atoms with Gasteiger partial charge in [-0.2, -0.15) is 0 Å². The van der Waals surface area contributed by atoms with Crippen molar-refractivity contribution in [3.63, 3.8) is 0 Å². The number of hydrogen-bond acceptors (Lipinski definition) is 4. The molecule has 5 heteroatoms. The minimum Gasteiger partial charge on any atom is -0.457 e. The number of morpholine rings is 1. The molecule has 1 aromatic carbocycles. The lowest BCUT2D eigenvalue weighted by Crippen LogP contribution is -2.59. The highest BCUT2D eigenvalue weighted by molar-refractivity contribution is 5.94. The van der Waals surface area contributed by atoms with Crippen LogP contribution in [0.1, 0.15) is 59.4 Å². The van der Waals surface area contributed by atoms with E-state index < -0.39 is 11.6 Å². The van der Waals surface area contributed by atoms with E-state index in [0.717, 1.165) is 5.69 Å². The van der Waals surface area contributed by atoms with Gasteiger partial charge in [-0.25, -0.2) is 0 Å². The smallest absolute Gasteiger partial charge is 0.324 e. The third kappa shape index (κ3) is 5.05. The third-order valence-corrected chi connectivity index (χ3v) is 4.52. The average molecular weight is 346 g/mol. The summed E-state index contributed by atoms with van der Waals surface area (Å²) < 4.78 is 5.50. The second kappa shape index (κ2) is 7.56. The summed E-state index contributed by atoms with van der Waals surface area (Å²) in [6.45, 7) is 12.7. The molecule has 2 rings (SSSR count). The molecule has 1 aliphatic heterocycles. The van der Waals surface area contributed by atoms with Crippen molar-refractivity contribution in [1.29, 1.82) is 0 Å².